The Morgan fingerprint density at radius 1 is 1.04 bits per heavy atom. The Bertz CT molecular complexity index is 821. The maximum Gasteiger partial charge on any atom is 0.253 e. The van der Waals surface area contributed by atoms with Crippen LogP contribution in [0.3, 0.4) is 0 Å². The SMILES string of the molecule is CSCc1ccc(C(=O)N2CCN(CC(=O)Nc3ccccc3Cl)CC2)cc1. The number of piperazine rings is 1. The molecule has 2 amide bonds. The van der Waals surface area contributed by atoms with Gasteiger partial charge in [0.15, 0.2) is 0 Å². The normalized spacial score (nSPS) is 14.7. The van der Waals surface area contributed by atoms with E-state index in [4.69, 9.17) is 11.6 Å². The van der Waals surface area contributed by atoms with Gasteiger partial charge < -0.3 is 10.2 Å². The number of halogens is 1. The number of thioether (sulfide) groups is 1. The molecule has 148 valence electrons. The first kappa shape index (κ1) is 20.7. The van der Waals surface area contributed by atoms with Gasteiger partial charge in [-0.3, -0.25) is 14.5 Å². The van der Waals surface area contributed by atoms with Gasteiger partial charge in [0.25, 0.3) is 5.91 Å². The van der Waals surface area contributed by atoms with E-state index >= 15 is 0 Å². The quantitative estimate of drug-likeness (QED) is 0.780. The second kappa shape index (κ2) is 9.96. The van der Waals surface area contributed by atoms with Crippen LogP contribution < -0.4 is 5.32 Å². The number of carbonyl (C=O) groups excluding carboxylic acids is 2. The minimum absolute atomic E-state index is 0.0517. The molecule has 0 spiro atoms. The number of amides is 2. The van der Waals surface area contributed by atoms with Crippen molar-refractivity contribution in [1.29, 1.82) is 0 Å². The topological polar surface area (TPSA) is 52.7 Å². The van der Waals surface area contributed by atoms with E-state index in [2.05, 4.69) is 16.5 Å². The first-order chi connectivity index (χ1) is 13.6. The Morgan fingerprint density at radius 2 is 1.71 bits per heavy atom. The Kier molecular flexibility index (Phi) is 7.36. The van der Waals surface area contributed by atoms with Gasteiger partial charge in [-0.25, -0.2) is 0 Å². The fourth-order valence-electron chi connectivity index (χ4n) is 3.16. The van der Waals surface area contributed by atoms with Crippen molar-refractivity contribution < 1.29 is 9.59 Å². The molecule has 1 saturated heterocycles. The number of hydrogen-bond acceptors (Lipinski definition) is 4. The highest BCUT2D eigenvalue weighted by Gasteiger charge is 2.23. The summed E-state index contributed by atoms with van der Waals surface area (Å²) in [5.74, 6) is 0.900. The summed E-state index contributed by atoms with van der Waals surface area (Å²) >= 11 is 7.84. The minimum Gasteiger partial charge on any atom is -0.336 e. The predicted molar refractivity (Wildman–Crippen MR) is 116 cm³/mol. The summed E-state index contributed by atoms with van der Waals surface area (Å²) in [5, 5.41) is 3.36. The summed E-state index contributed by atoms with van der Waals surface area (Å²) in [7, 11) is 0. The van der Waals surface area contributed by atoms with Crippen molar-refractivity contribution in [2.24, 2.45) is 0 Å². The Morgan fingerprint density at radius 3 is 2.36 bits per heavy atom. The summed E-state index contributed by atoms with van der Waals surface area (Å²) < 4.78 is 0. The number of rotatable bonds is 6. The first-order valence-electron chi connectivity index (χ1n) is 9.20. The third-order valence-electron chi connectivity index (χ3n) is 4.69. The van der Waals surface area contributed by atoms with Crippen molar-refractivity contribution in [3.63, 3.8) is 0 Å². The number of para-hydroxylation sites is 1. The molecule has 0 aromatic heterocycles. The maximum atomic E-state index is 12.7. The average molecular weight is 418 g/mol. The lowest BCUT2D eigenvalue weighted by Gasteiger charge is -2.34. The Labute approximate surface area is 175 Å². The highest BCUT2D eigenvalue weighted by molar-refractivity contribution is 7.97. The zero-order valence-electron chi connectivity index (χ0n) is 15.9. The highest BCUT2D eigenvalue weighted by Crippen LogP contribution is 2.20. The van der Waals surface area contributed by atoms with Crippen LogP contribution in [-0.4, -0.2) is 60.6 Å². The molecule has 0 saturated carbocycles. The van der Waals surface area contributed by atoms with Crippen LogP contribution in [0.2, 0.25) is 5.02 Å². The molecular weight excluding hydrogens is 394 g/mol. The summed E-state index contributed by atoms with van der Waals surface area (Å²) in [4.78, 5) is 28.9. The molecule has 0 unspecified atom stereocenters. The number of carbonyl (C=O) groups is 2. The molecule has 1 fully saturated rings. The standard InChI is InChI=1S/C21H24ClN3O2S/c1-28-15-16-6-8-17(9-7-16)21(27)25-12-10-24(11-13-25)14-20(26)23-19-5-3-2-4-18(19)22/h2-9H,10-15H2,1H3,(H,23,26). The monoisotopic (exact) mass is 417 g/mol. The van der Waals surface area contributed by atoms with Crippen molar-refractivity contribution in [3.05, 3.63) is 64.7 Å². The zero-order chi connectivity index (χ0) is 19.9. The minimum atomic E-state index is -0.0998. The maximum absolute atomic E-state index is 12.7. The molecule has 2 aromatic carbocycles. The molecule has 1 heterocycles. The van der Waals surface area contributed by atoms with Gasteiger partial charge in [0, 0.05) is 37.5 Å². The van der Waals surface area contributed by atoms with E-state index in [0.717, 1.165) is 11.3 Å². The molecule has 1 aliphatic rings. The Balaban J connectivity index is 1.48. The van der Waals surface area contributed by atoms with Gasteiger partial charge in [0.1, 0.15) is 0 Å². The second-order valence-corrected chi connectivity index (χ2v) is 8.00. The van der Waals surface area contributed by atoms with E-state index in [1.165, 1.54) is 5.56 Å². The predicted octanol–water partition coefficient (Wildman–Crippen LogP) is 3.60. The van der Waals surface area contributed by atoms with E-state index < -0.39 is 0 Å². The molecular formula is C21H24ClN3O2S. The second-order valence-electron chi connectivity index (χ2n) is 6.73. The number of benzene rings is 2. The van der Waals surface area contributed by atoms with Crippen molar-refractivity contribution in [3.8, 4) is 0 Å². The van der Waals surface area contributed by atoms with E-state index in [0.29, 0.717) is 36.9 Å². The van der Waals surface area contributed by atoms with Crippen molar-refractivity contribution in [1.82, 2.24) is 9.80 Å². The molecule has 1 N–H and O–H groups in total. The number of nitrogens with one attached hydrogen (secondary N) is 1. The molecule has 28 heavy (non-hydrogen) atoms. The molecule has 0 bridgehead atoms. The Hall–Kier alpha value is -2.02. The lowest BCUT2D eigenvalue weighted by atomic mass is 10.1. The van der Waals surface area contributed by atoms with Gasteiger partial charge >= 0.3 is 0 Å². The van der Waals surface area contributed by atoms with E-state index in [9.17, 15) is 9.59 Å². The number of hydrogen-bond donors (Lipinski definition) is 1. The number of nitrogens with zero attached hydrogens (tertiary/aromatic N) is 2. The molecule has 5 nitrogen and oxygen atoms in total. The third-order valence-corrected chi connectivity index (χ3v) is 5.64. The van der Waals surface area contributed by atoms with Gasteiger partial charge in [-0.15, -0.1) is 0 Å². The fraction of sp³-hybridized carbons (Fsp3) is 0.333. The third kappa shape index (κ3) is 5.50. The van der Waals surface area contributed by atoms with Gasteiger partial charge in [-0.1, -0.05) is 35.9 Å². The van der Waals surface area contributed by atoms with Crippen LogP contribution in [0.5, 0.6) is 0 Å². The van der Waals surface area contributed by atoms with E-state index in [1.54, 1.807) is 23.9 Å². The van der Waals surface area contributed by atoms with Crippen LogP contribution in [0.25, 0.3) is 0 Å². The largest absolute Gasteiger partial charge is 0.336 e. The fourth-order valence-corrected chi connectivity index (χ4v) is 3.87. The van der Waals surface area contributed by atoms with Crippen molar-refractivity contribution in [2.75, 3.05) is 44.3 Å². The van der Waals surface area contributed by atoms with Crippen molar-refractivity contribution in [2.45, 2.75) is 5.75 Å². The van der Waals surface area contributed by atoms with Gasteiger partial charge in [0.2, 0.25) is 5.91 Å². The van der Waals surface area contributed by atoms with E-state index in [-0.39, 0.29) is 18.4 Å². The van der Waals surface area contributed by atoms with Crippen LogP contribution in [0.1, 0.15) is 15.9 Å². The van der Waals surface area contributed by atoms with Gasteiger partial charge in [0.05, 0.1) is 17.3 Å². The van der Waals surface area contributed by atoms with Crippen LogP contribution in [0, 0.1) is 0 Å². The van der Waals surface area contributed by atoms with Gasteiger partial charge in [-0.05, 0) is 36.1 Å². The lowest BCUT2D eigenvalue weighted by Crippen LogP contribution is -2.50. The van der Waals surface area contributed by atoms with Gasteiger partial charge in [-0.2, -0.15) is 11.8 Å². The van der Waals surface area contributed by atoms with Crippen molar-refractivity contribution >= 4 is 40.9 Å². The van der Waals surface area contributed by atoms with E-state index in [1.807, 2.05) is 41.3 Å². The number of anilines is 1. The summed E-state index contributed by atoms with van der Waals surface area (Å²) in [6, 6.07) is 15.0. The van der Waals surface area contributed by atoms with Crippen LogP contribution in [-0.2, 0) is 10.5 Å². The van der Waals surface area contributed by atoms with Crippen LogP contribution in [0.15, 0.2) is 48.5 Å². The highest BCUT2D eigenvalue weighted by atomic mass is 35.5. The smallest absolute Gasteiger partial charge is 0.253 e. The molecule has 7 heteroatoms. The first-order valence-corrected chi connectivity index (χ1v) is 11.0. The zero-order valence-corrected chi connectivity index (χ0v) is 17.4. The molecule has 0 atom stereocenters. The summed E-state index contributed by atoms with van der Waals surface area (Å²) in [6.45, 7) is 2.87. The lowest BCUT2D eigenvalue weighted by molar-refractivity contribution is -0.117. The molecule has 0 aliphatic carbocycles. The molecule has 1 aliphatic heterocycles. The molecule has 0 radical (unpaired) electrons. The summed E-state index contributed by atoms with van der Waals surface area (Å²) in [5.41, 5.74) is 2.56. The molecule has 2 aromatic rings. The average Bonchev–Trinajstić information content (AvgIpc) is 2.71. The van der Waals surface area contributed by atoms with Crippen LogP contribution in [0.4, 0.5) is 5.69 Å². The van der Waals surface area contributed by atoms with Crippen LogP contribution >= 0.6 is 23.4 Å². The summed E-state index contributed by atoms with van der Waals surface area (Å²) in [6.07, 6.45) is 2.06. The molecule has 3 rings (SSSR count).